The van der Waals surface area contributed by atoms with E-state index in [-0.39, 0.29) is 12.3 Å². The number of hydrogen-bond acceptors (Lipinski definition) is 4. The number of para-hydroxylation sites is 1. The minimum atomic E-state index is -0.421. The fraction of sp³-hybridized carbons (Fsp3) is 0.263. The molecule has 6 nitrogen and oxygen atoms in total. The second kappa shape index (κ2) is 9.32. The molecule has 132 valence electrons. The predicted molar refractivity (Wildman–Crippen MR) is 94.5 cm³/mol. The number of amides is 2. The Labute approximate surface area is 147 Å². The van der Waals surface area contributed by atoms with E-state index in [1.807, 2.05) is 6.92 Å². The third-order valence-electron chi connectivity index (χ3n) is 3.43. The summed E-state index contributed by atoms with van der Waals surface area (Å²) >= 11 is 0. The Bertz CT molecular complexity index is 714. The standard InChI is InChI=1S/C19H22N2O4/c1-3-12-25-17-7-5-4-6-16(17)19(23)21-20-18(22)13-14-8-10-15(24-2)11-9-14/h4-11H,3,12-13H2,1-2H3,(H,20,22)(H,21,23). The number of hydrogen-bond donors (Lipinski definition) is 2. The Balaban J connectivity index is 1.89. The maximum atomic E-state index is 12.2. The third kappa shape index (κ3) is 5.53. The average molecular weight is 342 g/mol. The predicted octanol–water partition coefficient (Wildman–Crippen LogP) is 2.49. The van der Waals surface area contributed by atoms with Crippen molar-refractivity contribution in [2.75, 3.05) is 13.7 Å². The highest BCUT2D eigenvalue weighted by Crippen LogP contribution is 2.17. The topological polar surface area (TPSA) is 76.7 Å². The second-order valence-electron chi connectivity index (χ2n) is 5.37. The van der Waals surface area contributed by atoms with Gasteiger partial charge in [-0.25, -0.2) is 0 Å². The average Bonchev–Trinajstić information content (AvgIpc) is 2.65. The molecule has 0 heterocycles. The highest BCUT2D eigenvalue weighted by Gasteiger charge is 2.13. The highest BCUT2D eigenvalue weighted by molar-refractivity contribution is 5.97. The zero-order valence-corrected chi connectivity index (χ0v) is 14.4. The Morgan fingerprint density at radius 3 is 2.40 bits per heavy atom. The van der Waals surface area contributed by atoms with E-state index in [0.717, 1.165) is 17.7 Å². The molecule has 2 amide bonds. The number of rotatable bonds is 7. The molecular formula is C19H22N2O4. The van der Waals surface area contributed by atoms with Gasteiger partial charge in [-0.15, -0.1) is 0 Å². The maximum absolute atomic E-state index is 12.2. The van der Waals surface area contributed by atoms with Gasteiger partial charge < -0.3 is 9.47 Å². The molecule has 0 aliphatic rings. The highest BCUT2D eigenvalue weighted by atomic mass is 16.5. The van der Waals surface area contributed by atoms with Crippen LogP contribution in [-0.4, -0.2) is 25.5 Å². The quantitative estimate of drug-likeness (QED) is 0.758. The first-order chi connectivity index (χ1) is 12.1. The molecule has 2 aromatic carbocycles. The van der Waals surface area contributed by atoms with E-state index in [4.69, 9.17) is 9.47 Å². The van der Waals surface area contributed by atoms with Crippen molar-refractivity contribution in [2.45, 2.75) is 19.8 Å². The zero-order chi connectivity index (χ0) is 18.1. The summed E-state index contributed by atoms with van der Waals surface area (Å²) in [6, 6.07) is 14.1. The van der Waals surface area contributed by atoms with Crippen molar-refractivity contribution in [1.82, 2.24) is 10.9 Å². The van der Waals surface area contributed by atoms with Gasteiger partial charge >= 0.3 is 0 Å². The summed E-state index contributed by atoms with van der Waals surface area (Å²) in [5.74, 6) is 0.479. The maximum Gasteiger partial charge on any atom is 0.273 e. The molecule has 0 atom stereocenters. The van der Waals surface area contributed by atoms with Crippen molar-refractivity contribution in [3.8, 4) is 11.5 Å². The van der Waals surface area contributed by atoms with Crippen molar-refractivity contribution in [3.05, 3.63) is 59.7 Å². The Hall–Kier alpha value is -3.02. The Morgan fingerprint density at radius 2 is 1.72 bits per heavy atom. The van der Waals surface area contributed by atoms with Crippen molar-refractivity contribution in [3.63, 3.8) is 0 Å². The molecule has 0 unspecified atom stereocenters. The number of hydrazine groups is 1. The van der Waals surface area contributed by atoms with Crippen LogP contribution in [0.2, 0.25) is 0 Å². The zero-order valence-electron chi connectivity index (χ0n) is 14.4. The SMILES string of the molecule is CCCOc1ccccc1C(=O)NNC(=O)Cc1ccc(OC)cc1. The number of ether oxygens (including phenoxy) is 2. The fourth-order valence-corrected chi connectivity index (χ4v) is 2.16. The molecule has 6 heteroatoms. The van der Waals surface area contributed by atoms with E-state index in [2.05, 4.69) is 10.9 Å². The van der Waals surface area contributed by atoms with Crippen LogP contribution < -0.4 is 20.3 Å². The molecule has 0 spiro atoms. The molecule has 0 saturated carbocycles. The van der Waals surface area contributed by atoms with E-state index in [1.165, 1.54) is 0 Å². The molecule has 0 bridgehead atoms. The summed E-state index contributed by atoms with van der Waals surface area (Å²) in [6.07, 6.45) is 0.993. The Kier molecular flexibility index (Phi) is 6.83. The normalized spacial score (nSPS) is 10.0. The summed E-state index contributed by atoms with van der Waals surface area (Å²) in [5.41, 5.74) is 6.03. The minimum absolute atomic E-state index is 0.151. The van der Waals surface area contributed by atoms with Crippen LogP contribution in [0.5, 0.6) is 11.5 Å². The minimum Gasteiger partial charge on any atom is -0.497 e. The molecule has 0 aliphatic heterocycles. The van der Waals surface area contributed by atoms with Gasteiger partial charge in [0.1, 0.15) is 11.5 Å². The Morgan fingerprint density at radius 1 is 1.00 bits per heavy atom. The van der Waals surface area contributed by atoms with Crippen LogP contribution in [0.3, 0.4) is 0 Å². The first-order valence-corrected chi connectivity index (χ1v) is 8.08. The molecule has 2 aromatic rings. The van der Waals surface area contributed by atoms with Crippen LogP contribution in [-0.2, 0) is 11.2 Å². The van der Waals surface area contributed by atoms with Gasteiger partial charge in [-0.3, -0.25) is 20.4 Å². The van der Waals surface area contributed by atoms with Crippen molar-refractivity contribution < 1.29 is 19.1 Å². The summed E-state index contributed by atoms with van der Waals surface area (Å²) in [6.45, 7) is 2.51. The summed E-state index contributed by atoms with van der Waals surface area (Å²) < 4.78 is 10.6. The van der Waals surface area contributed by atoms with Gasteiger partial charge in [0, 0.05) is 0 Å². The summed E-state index contributed by atoms with van der Waals surface area (Å²) in [5, 5.41) is 0. The first kappa shape index (κ1) is 18.3. The van der Waals surface area contributed by atoms with E-state index in [0.29, 0.717) is 17.9 Å². The summed E-state index contributed by atoms with van der Waals surface area (Å²) in [7, 11) is 1.58. The van der Waals surface area contributed by atoms with Crippen LogP contribution in [0.1, 0.15) is 29.3 Å². The van der Waals surface area contributed by atoms with E-state index < -0.39 is 5.91 Å². The lowest BCUT2D eigenvalue weighted by Gasteiger charge is -2.12. The van der Waals surface area contributed by atoms with Crippen LogP contribution in [0.25, 0.3) is 0 Å². The lowest BCUT2D eigenvalue weighted by Crippen LogP contribution is -2.42. The molecule has 25 heavy (non-hydrogen) atoms. The molecule has 0 aliphatic carbocycles. The van der Waals surface area contributed by atoms with Gasteiger partial charge in [0.25, 0.3) is 5.91 Å². The van der Waals surface area contributed by atoms with E-state index >= 15 is 0 Å². The number of benzene rings is 2. The van der Waals surface area contributed by atoms with Gasteiger partial charge in [-0.1, -0.05) is 31.2 Å². The van der Waals surface area contributed by atoms with E-state index in [9.17, 15) is 9.59 Å². The lowest BCUT2D eigenvalue weighted by atomic mass is 10.1. The van der Waals surface area contributed by atoms with Crippen molar-refractivity contribution >= 4 is 11.8 Å². The van der Waals surface area contributed by atoms with Gasteiger partial charge in [0.05, 0.1) is 25.7 Å². The van der Waals surface area contributed by atoms with Gasteiger partial charge in [-0.05, 0) is 36.2 Å². The number of carbonyl (C=O) groups is 2. The molecule has 0 radical (unpaired) electrons. The van der Waals surface area contributed by atoms with Crippen LogP contribution in [0.15, 0.2) is 48.5 Å². The first-order valence-electron chi connectivity index (χ1n) is 8.08. The molecule has 0 fully saturated rings. The second-order valence-corrected chi connectivity index (χ2v) is 5.37. The monoisotopic (exact) mass is 342 g/mol. The number of nitrogens with one attached hydrogen (secondary N) is 2. The van der Waals surface area contributed by atoms with Crippen molar-refractivity contribution in [2.24, 2.45) is 0 Å². The van der Waals surface area contributed by atoms with Crippen LogP contribution >= 0.6 is 0 Å². The van der Waals surface area contributed by atoms with Gasteiger partial charge in [-0.2, -0.15) is 0 Å². The molecule has 0 saturated heterocycles. The largest absolute Gasteiger partial charge is 0.497 e. The number of carbonyl (C=O) groups excluding carboxylic acids is 2. The summed E-state index contributed by atoms with van der Waals surface area (Å²) in [4.78, 5) is 24.2. The van der Waals surface area contributed by atoms with Gasteiger partial charge in [0.15, 0.2) is 0 Å². The smallest absolute Gasteiger partial charge is 0.273 e. The van der Waals surface area contributed by atoms with Crippen LogP contribution in [0.4, 0.5) is 0 Å². The molecule has 0 aromatic heterocycles. The van der Waals surface area contributed by atoms with Crippen LogP contribution in [0, 0.1) is 0 Å². The fourth-order valence-electron chi connectivity index (χ4n) is 2.16. The lowest BCUT2D eigenvalue weighted by molar-refractivity contribution is -0.121. The molecule has 2 N–H and O–H groups in total. The molecular weight excluding hydrogens is 320 g/mol. The van der Waals surface area contributed by atoms with E-state index in [1.54, 1.807) is 55.6 Å². The third-order valence-corrected chi connectivity index (χ3v) is 3.43. The number of methoxy groups -OCH3 is 1. The molecule has 2 rings (SSSR count). The van der Waals surface area contributed by atoms with Gasteiger partial charge in [0.2, 0.25) is 5.91 Å². The van der Waals surface area contributed by atoms with Crippen molar-refractivity contribution in [1.29, 1.82) is 0 Å².